The number of hydrogen-bond acceptors (Lipinski definition) is 4. The molecule has 0 bridgehead atoms. The van der Waals surface area contributed by atoms with Gasteiger partial charge in [-0.05, 0) is 40.7 Å². The molecule has 134 valence electrons. The van der Waals surface area contributed by atoms with Crippen LogP contribution in [-0.4, -0.2) is 46.6 Å². The number of piperazine rings is 1. The van der Waals surface area contributed by atoms with Gasteiger partial charge < -0.3 is 10.2 Å². The maximum atomic E-state index is 13.0. The van der Waals surface area contributed by atoms with E-state index in [1.165, 1.54) is 6.07 Å². The van der Waals surface area contributed by atoms with Crippen LogP contribution in [-0.2, 0) is 6.18 Å². The third kappa shape index (κ3) is 2.94. The predicted octanol–water partition coefficient (Wildman–Crippen LogP) is 3.59. The van der Waals surface area contributed by atoms with Crippen LogP contribution in [0.3, 0.4) is 0 Å². The molecule has 1 N–H and O–H groups in total. The Balaban J connectivity index is 1.97. The van der Waals surface area contributed by atoms with Crippen LogP contribution in [0.1, 0.15) is 40.2 Å². The van der Waals surface area contributed by atoms with Gasteiger partial charge in [0.1, 0.15) is 0 Å². The Kier molecular flexibility index (Phi) is 3.79. The van der Waals surface area contributed by atoms with Gasteiger partial charge in [0.25, 0.3) is 0 Å². The first-order chi connectivity index (χ1) is 10.9. The van der Waals surface area contributed by atoms with Crippen molar-refractivity contribution >= 4 is 11.5 Å². The fourth-order valence-electron chi connectivity index (χ4n) is 3.63. The summed E-state index contributed by atoms with van der Waals surface area (Å²) >= 11 is 0. The minimum absolute atomic E-state index is 0.0655. The normalized spacial score (nSPS) is 24.2. The number of alkyl halides is 3. The molecule has 1 fully saturated rings. The summed E-state index contributed by atoms with van der Waals surface area (Å²) in [4.78, 5) is 8.73. The number of halogens is 3. The number of hydrogen-bond donors (Lipinski definition) is 1. The summed E-state index contributed by atoms with van der Waals surface area (Å²) in [5.41, 5.74) is -0.523. The lowest BCUT2D eigenvalue weighted by molar-refractivity contribution is -0.137. The molecule has 1 saturated heterocycles. The van der Waals surface area contributed by atoms with E-state index in [0.29, 0.717) is 11.5 Å². The van der Waals surface area contributed by atoms with Crippen molar-refractivity contribution in [2.75, 3.05) is 29.9 Å². The van der Waals surface area contributed by atoms with E-state index >= 15 is 0 Å². The fraction of sp³-hybridized carbons (Fsp3) is 0.706. The van der Waals surface area contributed by atoms with Crippen LogP contribution in [0.4, 0.5) is 24.7 Å². The van der Waals surface area contributed by atoms with Gasteiger partial charge in [-0.3, -0.25) is 4.90 Å². The molecular formula is C17H25F3N4. The van der Waals surface area contributed by atoms with Crippen LogP contribution >= 0.6 is 0 Å². The Hall–Kier alpha value is -1.50. The molecule has 0 saturated carbocycles. The number of nitrogens with one attached hydrogen (secondary N) is 1. The van der Waals surface area contributed by atoms with Gasteiger partial charge in [0, 0.05) is 31.4 Å². The molecule has 0 spiro atoms. The van der Waals surface area contributed by atoms with Crippen molar-refractivity contribution in [3.05, 3.63) is 17.8 Å². The Bertz CT molecular complexity index is 634. The molecule has 4 nitrogen and oxygen atoms in total. The summed E-state index contributed by atoms with van der Waals surface area (Å²) in [6.07, 6.45) is -3.44. The molecule has 2 aliphatic rings. The van der Waals surface area contributed by atoms with E-state index in [-0.39, 0.29) is 17.1 Å². The van der Waals surface area contributed by atoms with Gasteiger partial charge in [0.15, 0.2) is 5.82 Å². The molecule has 2 aliphatic heterocycles. The number of nitrogens with zero attached hydrogens (tertiary/aromatic N) is 3. The highest BCUT2D eigenvalue weighted by Gasteiger charge is 2.45. The zero-order valence-corrected chi connectivity index (χ0v) is 14.8. The van der Waals surface area contributed by atoms with E-state index in [0.717, 1.165) is 25.8 Å². The summed E-state index contributed by atoms with van der Waals surface area (Å²) in [7, 11) is 0. The van der Waals surface area contributed by atoms with Crippen molar-refractivity contribution in [1.29, 1.82) is 0 Å². The van der Waals surface area contributed by atoms with Crippen LogP contribution in [0.2, 0.25) is 0 Å². The number of pyridine rings is 1. The molecule has 1 atom stereocenters. The first-order valence-corrected chi connectivity index (χ1v) is 8.27. The van der Waals surface area contributed by atoms with Gasteiger partial charge in [0.05, 0.1) is 22.8 Å². The van der Waals surface area contributed by atoms with Crippen molar-refractivity contribution in [2.45, 2.75) is 57.9 Å². The highest BCUT2D eigenvalue weighted by Crippen LogP contribution is 2.41. The molecular weight excluding hydrogens is 317 g/mol. The second-order valence-electron chi connectivity index (χ2n) is 8.27. The molecule has 3 heterocycles. The maximum absolute atomic E-state index is 13.0. The third-order valence-corrected chi connectivity index (χ3v) is 5.08. The molecule has 0 radical (unpaired) electrons. The predicted molar refractivity (Wildman–Crippen MR) is 89.4 cm³/mol. The van der Waals surface area contributed by atoms with E-state index < -0.39 is 11.7 Å². The summed E-state index contributed by atoms with van der Waals surface area (Å²) in [5, 5.41) is 3.29. The monoisotopic (exact) mass is 342 g/mol. The lowest BCUT2D eigenvalue weighted by atomic mass is 9.86. The van der Waals surface area contributed by atoms with Gasteiger partial charge in [-0.2, -0.15) is 13.2 Å². The summed E-state index contributed by atoms with van der Waals surface area (Å²) in [6, 6.07) is 1.33. The highest BCUT2D eigenvalue weighted by molar-refractivity contribution is 5.71. The average Bonchev–Trinajstić information content (AvgIpc) is 2.44. The largest absolute Gasteiger partial charge is 0.417 e. The molecule has 0 aromatic carbocycles. The number of aromatic nitrogens is 1. The van der Waals surface area contributed by atoms with Gasteiger partial charge in [0.2, 0.25) is 0 Å². The van der Waals surface area contributed by atoms with Crippen LogP contribution in [0.15, 0.2) is 12.3 Å². The molecule has 3 rings (SSSR count). The second-order valence-corrected chi connectivity index (χ2v) is 8.27. The Morgan fingerprint density at radius 3 is 2.46 bits per heavy atom. The molecule has 0 amide bonds. The van der Waals surface area contributed by atoms with Gasteiger partial charge in [-0.25, -0.2) is 4.98 Å². The van der Waals surface area contributed by atoms with E-state index in [2.05, 4.69) is 40.9 Å². The minimum atomic E-state index is -4.38. The smallest absolute Gasteiger partial charge is 0.375 e. The topological polar surface area (TPSA) is 31.4 Å². The lowest BCUT2D eigenvalue weighted by Gasteiger charge is -2.55. The zero-order valence-electron chi connectivity index (χ0n) is 14.8. The van der Waals surface area contributed by atoms with Crippen LogP contribution in [0.5, 0.6) is 0 Å². The Labute approximate surface area is 141 Å². The van der Waals surface area contributed by atoms with Crippen molar-refractivity contribution in [3.63, 3.8) is 0 Å². The quantitative estimate of drug-likeness (QED) is 0.781. The summed E-state index contributed by atoms with van der Waals surface area (Å²) < 4.78 is 38.9. The highest BCUT2D eigenvalue weighted by atomic mass is 19.4. The first-order valence-electron chi connectivity index (χ1n) is 8.27. The molecule has 1 aromatic heterocycles. The third-order valence-electron chi connectivity index (χ3n) is 5.08. The van der Waals surface area contributed by atoms with Gasteiger partial charge in [-0.15, -0.1) is 0 Å². The summed E-state index contributed by atoms with van der Waals surface area (Å²) in [6.45, 7) is 13.1. The molecule has 1 aromatic rings. The minimum Gasteiger partial charge on any atom is -0.375 e. The fourth-order valence-corrected chi connectivity index (χ4v) is 3.63. The molecule has 7 heteroatoms. The molecule has 0 aliphatic carbocycles. The Morgan fingerprint density at radius 1 is 1.21 bits per heavy atom. The van der Waals surface area contributed by atoms with Crippen LogP contribution in [0, 0.1) is 0 Å². The number of fused-ring (bicyclic) bond motifs is 3. The van der Waals surface area contributed by atoms with Gasteiger partial charge >= 0.3 is 6.18 Å². The van der Waals surface area contributed by atoms with E-state index in [1.807, 2.05) is 13.8 Å². The molecule has 24 heavy (non-hydrogen) atoms. The van der Waals surface area contributed by atoms with E-state index in [4.69, 9.17) is 0 Å². The Morgan fingerprint density at radius 2 is 1.88 bits per heavy atom. The van der Waals surface area contributed by atoms with E-state index in [9.17, 15) is 13.2 Å². The number of anilines is 2. The SMILES string of the molecule is CC1(C)Nc2cc(C(F)(F)F)cnc2N2CCN(C(C)(C)C)C[C@@H]21. The van der Waals surface area contributed by atoms with Crippen LogP contribution < -0.4 is 10.2 Å². The van der Waals surface area contributed by atoms with Crippen molar-refractivity contribution in [2.24, 2.45) is 0 Å². The van der Waals surface area contributed by atoms with E-state index in [1.54, 1.807) is 0 Å². The maximum Gasteiger partial charge on any atom is 0.417 e. The number of rotatable bonds is 0. The lowest BCUT2D eigenvalue weighted by Crippen LogP contribution is -2.68. The second kappa shape index (κ2) is 5.25. The van der Waals surface area contributed by atoms with Gasteiger partial charge in [-0.1, -0.05) is 0 Å². The molecule has 0 unspecified atom stereocenters. The summed E-state index contributed by atoms with van der Waals surface area (Å²) in [5.74, 6) is 0.626. The van der Waals surface area contributed by atoms with Crippen molar-refractivity contribution in [1.82, 2.24) is 9.88 Å². The van der Waals surface area contributed by atoms with Crippen molar-refractivity contribution < 1.29 is 13.2 Å². The average molecular weight is 342 g/mol. The van der Waals surface area contributed by atoms with Crippen LogP contribution in [0.25, 0.3) is 0 Å². The zero-order chi connectivity index (χ0) is 17.9. The van der Waals surface area contributed by atoms with Crippen molar-refractivity contribution in [3.8, 4) is 0 Å². The standard InChI is InChI=1S/C17H25F3N4/c1-15(2,3)23-6-7-24-13(10-23)16(4,5)22-12-8-11(17(18,19)20)9-21-14(12)24/h8-9,13,22H,6-7,10H2,1-5H3/t13-/m1/s1. The first kappa shape index (κ1) is 17.3.